The van der Waals surface area contributed by atoms with Crippen molar-refractivity contribution in [3.8, 4) is 11.5 Å². The number of hydrogen-bond donors (Lipinski definition) is 1. The van der Waals surface area contributed by atoms with Crippen molar-refractivity contribution in [3.05, 3.63) is 48.0 Å². The van der Waals surface area contributed by atoms with Crippen LogP contribution in [0, 0.1) is 0 Å². The van der Waals surface area contributed by atoms with Crippen molar-refractivity contribution in [1.29, 1.82) is 0 Å². The van der Waals surface area contributed by atoms with Crippen LogP contribution in [-0.2, 0) is 14.3 Å². The Morgan fingerprint density at radius 2 is 1.90 bits per heavy atom. The van der Waals surface area contributed by atoms with Gasteiger partial charge in [0.1, 0.15) is 17.1 Å². The molecule has 2 aromatic carbocycles. The fraction of sp³-hybridized carbons (Fsp3) is 0.286. The number of rotatable bonds is 5. The van der Waals surface area contributed by atoms with Crippen LogP contribution in [0.5, 0.6) is 11.5 Å². The zero-order valence-corrected chi connectivity index (χ0v) is 16.4. The van der Waals surface area contributed by atoms with Gasteiger partial charge in [-0.05, 0) is 37.3 Å². The first-order valence-corrected chi connectivity index (χ1v) is 9.04. The van der Waals surface area contributed by atoms with Crippen molar-refractivity contribution in [2.75, 3.05) is 31.0 Å². The van der Waals surface area contributed by atoms with E-state index < -0.39 is 24.5 Å². The second-order valence-corrected chi connectivity index (χ2v) is 6.52. The number of hydrogen-bond acceptors (Lipinski definition) is 6. The molecule has 1 aliphatic heterocycles. The first kappa shape index (κ1) is 20.2. The topological polar surface area (TPSA) is 94.2 Å². The number of carbonyl (C=O) groups is 3. The van der Waals surface area contributed by atoms with E-state index in [0.717, 1.165) is 0 Å². The highest BCUT2D eigenvalue weighted by Crippen LogP contribution is 2.31. The van der Waals surface area contributed by atoms with Gasteiger partial charge < -0.3 is 24.4 Å². The molecule has 1 atom stereocenters. The molecule has 0 aliphatic carbocycles. The van der Waals surface area contributed by atoms with Crippen molar-refractivity contribution in [1.82, 2.24) is 0 Å². The highest BCUT2D eigenvalue weighted by Gasteiger charge is 2.30. The lowest BCUT2D eigenvalue weighted by Gasteiger charge is -2.27. The molecule has 0 unspecified atom stereocenters. The Hall–Kier alpha value is -3.55. The highest BCUT2D eigenvalue weighted by molar-refractivity contribution is 6.05. The smallest absolute Gasteiger partial charge is 0.342 e. The molecule has 3 rings (SSSR count). The summed E-state index contributed by atoms with van der Waals surface area (Å²) in [5.74, 6) is -0.552. The van der Waals surface area contributed by atoms with Crippen molar-refractivity contribution in [2.24, 2.45) is 0 Å². The number of methoxy groups -OCH3 is 2. The average Bonchev–Trinajstić information content (AvgIpc) is 2.85. The van der Waals surface area contributed by atoms with E-state index in [9.17, 15) is 14.4 Å². The van der Waals surface area contributed by atoms with Gasteiger partial charge in [-0.25, -0.2) is 4.79 Å². The van der Waals surface area contributed by atoms with Gasteiger partial charge in [0, 0.05) is 12.5 Å². The Bertz CT molecular complexity index is 943. The first-order chi connectivity index (χ1) is 13.9. The van der Waals surface area contributed by atoms with E-state index in [1.807, 2.05) is 0 Å². The molecule has 0 spiro atoms. The molecule has 1 N–H and O–H groups in total. The third-order valence-corrected chi connectivity index (χ3v) is 4.58. The molecule has 0 aromatic heterocycles. The van der Waals surface area contributed by atoms with E-state index in [4.69, 9.17) is 14.2 Å². The van der Waals surface area contributed by atoms with E-state index >= 15 is 0 Å². The number of fused-ring (bicyclic) bond motifs is 1. The van der Waals surface area contributed by atoms with Gasteiger partial charge >= 0.3 is 5.97 Å². The van der Waals surface area contributed by atoms with Crippen LogP contribution in [0.25, 0.3) is 0 Å². The molecule has 1 aliphatic rings. The first-order valence-electron chi connectivity index (χ1n) is 9.04. The van der Waals surface area contributed by atoms with Gasteiger partial charge in [0.2, 0.25) is 5.91 Å². The molecule has 0 saturated carbocycles. The maximum Gasteiger partial charge on any atom is 0.342 e. The van der Waals surface area contributed by atoms with Crippen LogP contribution in [0.15, 0.2) is 42.5 Å². The van der Waals surface area contributed by atoms with Crippen LogP contribution in [0.4, 0.5) is 11.4 Å². The van der Waals surface area contributed by atoms with Crippen molar-refractivity contribution >= 4 is 29.2 Å². The molecule has 152 valence electrons. The Balaban J connectivity index is 1.78. The van der Waals surface area contributed by atoms with Crippen molar-refractivity contribution in [2.45, 2.75) is 19.4 Å². The summed E-state index contributed by atoms with van der Waals surface area (Å²) in [7, 11) is 2.91. The van der Waals surface area contributed by atoms with Gasteiger partial charge in [0.25, 0.3) is 5.91 Å². The van der Waals surface area contributed by atoms with E-state index in [-0.39, 0.29) is 17.9 Å². The lowest BCUT2D eigenvalue weighted by molar-refractivity contribution is -0.122. The number of nitrogens with zero attached hydrogens (tertiary/aromatic N) is 1. The van der Waals surface area contributed by atoms with Crippen LogP contribution in [0.1, 0.15) is 23.7 Å². The standard InChI is InChI=1S/C21H22N2O6/c1-13-10-19(24)22-16-6-4-5-7-17(16)23(13)20(25)12-29-21(26)15-11-14(27-2)8-9-18(15)28-3/h4-9,11,13H,10,12H2,1-3H3,(H,22,24)/t13-/m0/s1. The monoisotopic (exact) mass is 398 g/mol. The number of nitrogens with one attached hydrogen (secondary N) is 1. The zero-order chi connectivity index (χ0) is 21.0. The maximum atomic E-state index is 12.9. The predicted molar refractivity (Wildman–Crippen MR) is 106 cm³/mol. The summed E-state index contributed by atoms with van der Waals surface area (Å²) in [6.07, 6.45) is 0.137. The number of para-hydroxylation sites is 2. The fourth-order valence-electron chi connectivity index (χ4n) is 3.22. The number of carbonyl (C=O) groups excluding carboxylic acids is 3. The molecule has 0 radical (unpaired) electrons. The summed E-state index contributed by atoms with van der Waals surface area (Å²) in [6, 6.07) is 11.3. The van der Waals surface area contributed by atoms with Crippen molar-refractivity contribution < 1.29 is 28.6 Å². The van der Waals surface area contributed by atoms with E-state index in [2.05, 4.69) is 5.32 Å². The van der Waals surface area contributed by atoms with Gasteiger partial charge in [-0.3, -0.25) is 9.59 Å². The molecular weight excluding hydrogens is 376 g/mol. The molecule has 1 heterocycles. The van der Waals surface area contributed by atoms with E-state index in [1.54, 1.807) is 43.3 Å². The number of anilines is 2. The molecule has 2 amide bonds. The van der Waals surface area contributed by atoms with Crippen molar-refractivity contribution in [3.63, 3.8) is 0 Å². The molecule has 8 nitrogen and oxygen atoms in total. The second kappa shape index (κ2) is 8.64. The lowest BCUT2D eigenvalue weighted by atomic mass is 10.1. The minimum atomic E-state index is -0.709. The van der Waals surface area contributed by atoms with Gasteiger partial charge in [-0.1, -0.05) is 12.1 Å². The van der Waals surface area contributed by atoms with E-state index in [1.165, 1.54) is 25.2 Å². The molecule has 8 heteroatoms. The number of benzene rings is 2. The Morgan fingerprint density at radius 1 is 1.14 bits per heavy atom. The van der Waals surface area contributed by atoms with Gasteiger partial charge in [-0.2, -0.15) is 0 Å². The molecule has 29 heavy (non-hydrogen) atoms. The summed E-state index contributed by atoms with van der Waals surface area (Å²) in [5, 5.41) is 2.79. The quantitative estimate of drug-likeness (QED) is 0.778. The third-order valence-electron chi connectivity index (χ3n) is 4.58. The number of ether oxygens (including phenoxy) is 3. The van der Waals surface area contributed by atoms with Crippen LogP contribution < -0.4 is 19.7 Å². The van der Waals surface area contributed by atoms with Crippen LogP contribution in [0.3, 0.4) is 0 Å². The third kappa shape index (κ3) is 4.31. The average molecular weight is 398 g/mol. The minimum absolute atomic E-state index is 0.137. The largest absolute Gasteiger partial charge is 0.497 e. The summed E-state index contributed by atoms with van der Waals surface area (Å²) < 4.78 is 15.6. The number of esters is 1. The fourth-order valence-corrected chi connectivity index (χ4v) is 3.22. The zero-order valence-electron chi connectivity index (χ0n) is 16.4. The summed E-state index contributed by atoms with van der Waals surface area (Å²) in [5.41, 5.74) is 1.25. The molecule has 0 fully saturated rings. The second-order valence-electron chi connectivity index (χ2n) is 6.52. The number of amides is 2. The Labute approximate surface area is 168 Å². The molecular formula is C21H22N2O6. The van der Waals surface area contributed by atoms with Crippen LogP contribution >= 0.6 is 0 Å². The Morgan fingerprint density at radius 3 is 2.62 bits per heavy atom. The predicted octanol–water partition coefficient (Wildman–Crippen LogP) is 2.62. The lowest BCUT2D eigenvalue weighted by Crippen LogP contribution is -2.41. The molecule has 2 aromatic rings. The van der Waals surface area contributed by atoms with E-state index in [0.29, 0.717) is 22.9 Å². The Kier molecular flexibility index (Phi) is 6.01. The molecule has 0 saturated heterocycles. The van der Waals surface area contributed by atoms with Crippen LogP contribution in [0.2, 0.25) is 0 Å². The maximum absolute atomic E-state index is 12.9. The summed E-state index contributed by atoms with van der Waals surface area (Å²) in [4.78, 5) is 39.0. The minimum Gasteiger partial charge on any atom is -0.497 e. The molecule has 0 bridgehead atoms. The summed E-state index contributed by atoms with van der Waals surface area (Å²) in [6.45, 7) is 1.29. The normalized spacial score (nSPS) is 15.6. The summed E-state index contributed by atoms with van der Waals surface area (Å²) >= 11 is 0. The highest BCUT2D eigenvalue weighted by atomic mass is 16.5. The van der Waals surface area contributed by atoms with Gasteiger partial charge in [0.05, 0.1) is 25.6 Å². The van der Waals surface area contributed by atoms with Crippen LogP contribution in [-0.4, -0.2) is 44.7 Å². The SMILES string of the molecule is COc1ccc(OC)c(C(=O)OCC(=O)N2c3ccccc3NC(=O)C[C@@H]2C)c1. The van der Waals surface area contributed by atoms with Gasteiger partial charge in [-0.15, -0.1) is 0 Å². The van der Waals surface area contributed by atoms with Gasteiger partial charge in [0.15, 0.2) is 6.61 Å².